The zero-order valence-electron chi connectivity index (χ0n) is 12.1. The van der Waals surface area contributed by atoms with Crippen LogP contribution in [0.25, 0.3) is 0 Å². The maximum absolute atomic E-state index is 8.82. The lowest BCUT2D eigenvalue weighted by molar-refractivity contribution is 0.304. The summed E-state index contributed by atoms with van der Waals surface area (Å²) in [4.78, 5) is 0. The smallest absolute Gasteiger partial charge is 0.122 e. The van der Waals surface area contributed by atoms with Crippen LogP contribution in [-0.2, 0) is 6.61 Å². The Kier molecular flexibility index (Phi) is 4.85. The number of hydrogen-bond donors (Lipinski definition) is 1. The predicted molar refractivity (Wildman–Crippen MR) is 84.3 cm³/mol. The summed E-state index contributed by atoms with van der Waals surface area (Å²) in [5.41, 5.74) is 9.37. The maximum atomic E-state index is 8.82. The van der Waals surface area contributed by atoms with Crippen molar-refractivity contribution in [2.45, 2.75) is 26.5 Å². The van der Waals surface area contributed by atoms with E-state index in [2.05, 4.69) is 6.07 Å². The fraction of sp³-hybridized carbons (Fsp3) is 0.235. The molecule has 3 nitrogen and oxygen atoms in total. The van der Waals surface area contributed by atoms with E-state index in [1.54, 1.807) is 12.1 Å². The molecule has 2 rings (SSSR count). The molecule has 0 spiro atoms. The lowest BCUT2D eigenvalue weighted by Gasteiger charge is -2.13. The molecule has 0 fully saturated rings. The molecule has 108 valence electrons. The Morgan fingerprint density at radius 1 is 1.29 bits per heavy atom. The van der Waals surface area contributed by atoms with Crippen LogP contribution in [0.3, 0.4) is 0 Å². The van der Waals surface area contributed by atoms with Crippen molar-refractivity contribution in [1.29, 1.82) is 5.26 Å². The standard InChI is InChI=1S/C17H17ClN2O/c1-11-7-14(12(2)20)5-6-17(11)21-10-15-4-3-13(9-19)8-16(15)18/h3-8,12H,10,20H2,1-2H3/t12-/m0/s1. The summed E-state index contributed by atoms with van der Waals surface area (Å²) in [6, 6.07) is 13.2. The SMILES string of the molecule is Cc1cc([C@H](C)N)ccc1OCc1ccc(C#N)cc1Cl. The third-order valence-electron chi connectivity index (χ3n) is 3.29. The number of halogens is 1. The Bertz CT molecular complexity index is 690. The van der Waals surface area contributed by atoms with Crippen LogP contribution in [0.1, 0.15) is 35.2 Å². The molecule has 0 heterocycles. The van der Waals surface area contributed by atoms with Gasteiger partial charge in [-0.05, 0) is 43.2 Å². The van der Waals surface area contributed by atoms with Crippen molar-refractivity contribution in [1.82, 2.24) is 0 Å². The number of hydrogen-bond acceptors (Lipinski definition) is 3. The van der Waals surface area contributed by atoms with Gasteiger partial charge in [0.2, 0.25) is 0 Å². The molecule has 2 aromatic rings. The minimum absolute atomic E-state index is 0.00530. The van der Waals surface area contributed by atoms with Gasteiger partial charge in [-0.25, -0.2) is 0 Å². The third-order valence-corrected chi connectivity index (χ3v) is 3.64. The predicted octanol–water partition coefficient (Wildman–Crippen LogP) is 4.12. The van der Waals surface area contributed by atoms with Gasteiger partial charge in [0.15, 0.2) is 0 Å². The van der Waals surface area contributed by atoms with E-state index in [4.69, 9.17) is 27.3 Å². The molecule has 0 saturated carbocycles. The first-order valence-corrected chi connectivity index (χ1v) is 7.06. The second-order valence-corrected chi connectivity index (χ2v) is 5.43. The van der Waals surface area contributed by atoms with Gasteiger partial charge in [-0.2, -0.15) is 5.26 Å². The Morgan fingerprint density at radius 2 is 2.05 bits per heavy atom. The van der Waals surface area contributed by atoms with Gasteiger partial charge in [-0.15, -0.1) is 0 Å². The molecular weight excluding hydrogens is 284 g/mol. The Balaban J connectivity index is 2.12. The van der Waals surface area contributed by atoms with E-state index >= 15 is 0 Å². The van der Waals surface area contributed by atoms with Gasteiger partial charge < -0.3 is 10.5 Å². The number of nitrogens with two attached hydrogens (primary N) is 1. The molecule has 0 unspecified atom stereocenters. The Hall–Kier alpha value is -2.02. The minimum atomic E-state index is 0.00530. The number of nitriles is 1. The molecule has 0 saturated heterocycles. The molecule has 2 N–H and O–H groups in total. The molecule has 2 aromatic carbocycles. The molecule has 0 aliphatic carbocycles. The summed E-state index contributed by atoms with van der Waals surface area (Å²) in [5.74, 6) is 0.805. The van der Waals surface area contributed by atoms with Crippen molar-refractivity contribution in [2.75, 3.05) is 0 Å². The van der Waals surface area contributed by atoms with E-state index in [1.165, 1.54) is 0 Å². The lowest BCUT2D eigenvalue weighted by atomic mass is 10.1. The zero-order chi connectivity index (χ0) is 15.4. The van der Waals surface area contributed by atoms with Crippen molar-refractivity contribution in [3.05, 3.63) is 63.7 Å². The summed E-state index contributed by atoms with van der Waals surface area (Å²) in [6.45, 7) is 4.30. The van der Waals surface area contributed by atoms with Crippen LogP contribution < -0.4 is 10.5 Å². The van der Waals surface area contributed by atoms with Crippen LogP contribution in [0.2, 0.25) is 5.02 Å². The van der Waals surface area contributed by atoms with Crippen LogP contribution >= 0.6 is 11.6 Å². The molecule has 0 aliphatic rings. The molecule has 0 radical (unpaired) electrons. The highest BCUT2D eigenvalue weighted by Gasteiger charge is 2.07. The fourth-order valence-corrected chi connectivity index (χ4v) is 2.24. The highest BCUT2D eigenvalue weighted by Crippen LogP contribution is 2.24. The third kappa shape index (κ3) is 3.75. The van der Waals surface area contributed by atoms with Gasteiger partial charge in [0.05, 0.1) is 11.6 Å². The monoisotopic (exact) mass is 300 g/mol. The Morgan fingerprint density at radius 3 is 2.62 bits per heavy atom. The topological polar surface area (TPSA) is 59.0 Å². The normalized spacial score (nSPS) is 11.8. The fourth-order valence-electron chi connectivity index (χ4n) is 2.01. The van der Waals surface area contributed by atoms with Crippen LogP contribution in [0.4, 0.5) is 0 Å². The van der Waals surface area contributed by atoms with E-state index in [0.717, 1.165) is 22.4 Å². The average Bonchev–Trinajstić information content (AvgIpc) is 2.46. The van der Waals surface area contributed by atoms with Gasteiger partial charge in [-0.3, -0.25) is 0 Å². The number of ether oxygens (including phenoxy) is 1. The first kappa shape index (κ1) is 15.4. The highest BCUT2D eigenvalue weighted by molar-refractivity contribution is 6.31. The first-order valence-electron chi connectivity index (χ1n) is 6.68. The summed E-state index contributed by atoms with van der Waals surface area (Å²) in [5, 5.41) is 9.36. The van der Waals surface area contributed by atoms with Crippen molar-refractivity contribution >= 4 is 11.6 Å². The van der Waals surface area contributed by atoms with Gasteiger partial charge in [-0.1, -0.05) is 29.8 Å². The van der Waals surface area contributed by atoms with E-state index in [0.29, 0.717) is 17.2 Å². The molecular formula is C17H17ClN2O. The van der Waals surface area contributed by atoms with Gasteiger partial charge >= 0.3 is 0 Å². The van der Waals surface area contributed by atoms with Crippen LogP contribution in [0.5, 0.6) is 5.75 Å². The Labute approximate surface area is 129 Å². The van der Waals surface area contributed by atoms with Crippen LogP contribution in [-0.4, -0.2) is 0 Å². The zero-order valence-corrected chi connectivity index (χ0v) is 12.8. The molecule has 0 bridgehead atoms. The van der Waals surface area contributed by atoms with Crippen molar-refractivity contribution < 1.29 is 4.74 Å². The quantitative estimate of drug-likeness (QED) is 0.924. The van der Waals surface area contributed by atoms with Crippen LogP contribution in [0.15, 0.2) is 36.4 Å². The van der Waals surface area contributed by atoms with E-state index in [9.17, 15) is 0 Å². The van der Waals surface area contributed by atoms with Crippen molar-refractivity contribution in [3.8, 4) is 11.8 Å². The van der Waals surface area contributed by atoms with E-state index in [1.807, 2.05) is 38.1 Å². The summed E-state index contributed by atoms with van der Waals surface area (Å²) in [7, 11) is 0. The number of aryl methyl sites for hydroxylation is 1. The largest absolute Gasteiger partial charge is 0.489 e. The van der Waals surface area contributed by atoms with Crippen molar-refractivity contribution in [3.63, 3.8) is 0 Å². The van der Waals surface area contributed by atoms with Gasteiger partial charge in [0.1, 0.15) is 12.4 Å². The van der Waals surface area contributed by atoms with Crippen LogP contribution in [0, 0.1) is 18.3 Å². The lowest BCUT2D eigenvalue weighted by Crippen LogP contribution is -2.05. The molecule has 0 aromatic heterocycles. The van der Waals surface area contributed by atoms with E-state index in [-0.39, 0.29) is 6.04 Å². The van der Waals surface area contributed by atoms with Gasteiger partial charge in [0.25, 0.3) is 0 Å². The maximum Gasteiger partial charge on any atom is 0.122 e. The second-order valence-electron chi connectivity index (χ2n) is 5.02. The van der Waals surface area contributed by atoms with Crippen molar-refractivity contribution in [2.24, 2.45) is 5.73 Å². The number of rotatable bonds is 4. The molecule has 21 heavy (non-hydrogen) atoms. The first-order chi connectivity index (χ1) is 10.0. The van der Waals surface area contributed by atoms with Gasteiger partial charge in [0, 0.05) is 16.6 Å². The minimum Gasteiger partial charge on any atom is -0.489 e. The highest BCUT2D eigenvalue weighted by atomic mass is 35.5. The number of nitrogens with zero attached hydrogens (tertiary/aromatic N) is 1. The summed E-state index contributed by atoms with van der Waals surface area (Å²) < 4.78 is 5.80. The molecule has 4 heteroatoms. The average molecular weight is 301 g/mol. The molecule has 0 aliphatic heterocycles. The second kappa shape index (κ2) is 6.62. The van der Waals surface area contributed by atoms with E-state index < -0.39 is 0 Å². The summed E-state index contributed by atoms with van der Waals surface area (Å²) in [6.07, 6.45) is 0. The molecule has 0 amide bonds. The summed E-state index contributed by atoms with van der Waals surface area (Å²) >= 11 is 6.13. The molecule has 1 atom stereocenters. The number of benzene rings is 2.